The van der Waals surface area contributed by atoms with Gasteiger partial charge in [0.05, 0.1) is 33.7 Å². The first-order valence-electron chi connectivity index (χ1n) is 12.1. The average Bonchev–Trinajstić information content (AvgIpc) is 3.32. The summed E-state index contributed by atoms with van der Waals surface area (Å²) in [5, 5.41) is -0.178. The Balaban J connectivity index is 1.87. The second-order valence-electron chi connectivity index (χ2n) is 9.76. The van der Waals surface area contributed by atoms with Crippen LogP contribution in [0.1, 0.15) is 30.0 Å². The number of alkyl halides is 3. The molecular weight excluding hydrogens is 625 g/mol. The van der Waals surface area contributed by atoms with E-state index in [4.69, 9.17) is 11.6 Å². The molecule has 1 N–H and O–H groups in total. The number of H-pyrrole nitrogens is 1. The van der Waals surface area contributed by atoms with Gasteiger partial charge in [-0.2, -0.15) is 13.2 Å². The fraction of sp³-hybridized carbons (Fsp3) is 0.440. The minimum Gasteiger partial charge on any atom is -0.306 e. The number of fused-ring (bicyclic) bond motifs is 1. The van der Waals surface area contributed by atoms with Crippen LogP contribution < -0.4 is 11.2 Å². The highest BCUT2D eigenvalue weighted by Crippen LogP contribution is 2.39. The lowest BCUT2D eigenvalue weighted by molar-refractivity contribution is -0.138. The van der Waals surface area contributed by atoms with Crippen LogP contribution in [0.3, 0.4) is 0 Å². The Morgan fingerprint density at radius 2 is 1.87 bits per heavy atom. The van der Waals surface area contributed by atoms with Crippen LogP contribution >= 0.6 is 27.5 Å². The highest BCUT2D eigenvalue weighted by Gasteiger charge is 2.37. The summed E-state index contributed by atoms with van der Waals surface area (Å²) in [6.07, 6.45) is -3.96. The fourth-order valence-corrected chi connectivity index (χ4v) is 6.80. The monoisotopic (exact) mass is 650 g/mol. The molecule has 3 aromatic rings. The molecule has 0 spiro atoms. The molecule has 1 aromatic heterocycles. The quantitative estimate of drug-likeness (QED) is 0.414. The van der Waals surface area contributed by atoms with E-state index in [-0.39, 0.29) is 54.8 Å². The first-order chi connectivity index (χ1) is 18.1. The fourth-order valence-electron chi connectivity index (χ4n) is 4.85. The predicted molar refractivity (Wildman–Crippen MR) is 147 cm³/mol. The molecule has 1 unspecified atom stereocenters. The van der Waals surface area contributed by atoms with Crippen molar-refractivity contribution in [3.05, 3.63) is 71.3 Å². The van der Waals surface area contributed by atoms with Crippen molar-refractivity contribution in [1.82, 2.24) is 19.4 Å². The number of hydrogen-bond donors (Lipinski definition) is 1. The summed E-state index contributed by atoms with van der Waals surface area (Å²) in [6.45, 7) is 2.10. The number of nitrogens with one attached hydrogen (secondary N) is 1. The molecule has 1 aliphatic rings. The number of aromatic amines is 1. The van der Waals surface area contributed by atoms with Gasteiger partial charge in [-0.1, -0.05) is 18.5 Å². The van der Waals surface area contributed by atoms with Gasteiger partial charge >= 0.3 is 11.9 Å². The van der Waals surface area contributed by atoms with Crippen molar-refractivity contribution < 1.29 is 21.6 Å². The van der Waals surface area contributed by atoms with Gasteiger partial charge in [0, 0.05) is 35.2 Å². The number of aromatic nitrogens is 2. The number of likely N-dealkylation sites (N-methyl/N-ethyl adjacent to an activating group) is 1. The Labute approximate surface area is 236 Å². The molecule has 1 fully saturated rings. The van der Waals surface area contributed by atoms with Crippen molar-refractivity contribution in [2.24, 2.45) is 0 Å². The summed E-state index contributed by atoms with van der Waals surface area (Å²) in [5.41, 5.74) is -2.92. The SMILES string of the molecule is CCS(=O)(=O)c1ccc(Cl)cc1Cn1c(=O)[nH]c2c(Br)c(CN3CCC(N(C)C)C3)c(C(F)(F)F)cc2c1=O. The Hall–Kier alpha value is -2.19. The average molecular weight is 652 g/mol. The van der Waals surface area contributed by atoms with E-state index in [1.54, 1.807) is 0 Å². The van der Waals surface area contributed by atoms with Gasteiger partial charge in [0.2, 0.25) is 0 Å². The van der Waals surface area contributed by atoms with Crippen LogP contribution in [-0.4, -0.2) is 66.7 Å². The highest BCUT2D eigenvalue weighted by atomic mass is 79.9. The van der Waals surface area contributed by atoms with Crippen molar-refractivity contribution in [3.63, 3.8) is 0 Å². The van der Waals surface area contributed by atoms with E-state index < -0.39 is 39.4 Å². The van der Waals surface area contributed by atoms with Gasteiger partial charge in [-0.15, -0.1) is 0 Å². The highest BCUT2D eigenvalue weighted by molar-refractivity contribution is 9.10. The van der Waals surface area contributed by atoms with Crippen LogP contribution in [0.2, 0.25) is 5.02 Å². The van der Waals surface area contributed by atoms with Gasteiger partial charge in [0.1, 0.15) is 0 Å². The molecule has 0 amide bonds. The number of sulfone groups is 1. The van der Waals surface area contributed by atoms with Crippen LogP contribution in [0.4, 0.5) is 13.2 Å². The summed E-state index contributed by atoms with van der Waals surface area (Å²) in [7, 11) is 0.0919. The van der Waals surface area contributed by atoms with Gasteiger partial charge < -0.3 is 9.88 Å². The third-order valence-electron chi connectivity index (χ3n) is 7.05. The maximum Gasteiger partial charge on any atom is 0.416 e. The van der Waals surface area contributed by atoms with Gasteiger partial charge in [-0.25, -0.2) is 13.2 Å². The van der Waals surface area contributed by atoms with Crippen LogP contribution in [0.15, 0.2) is 43.2 Å². The number of halogens is 5. The molecule has 8 nitrogen and oxygen atoms in total. The lowest BCUT2D eigenvalue weighted by Gasteiger charge is -2.23. The van der Waals surface area contributed by atoms with E-state index in [1.165, 1.54) is 25.1 Å². The Bertz CT molecular complexity index is 1650. The number of likely N-dealkylation sites (tertiary alicyclic amines) is 1. The number of benzene rings is 2. The maximum atomic E-state index is 14.3. The smallest absolute Gasteiger partial charge is 0.306 e. The topological polar surface area (TPSA) is 95.5 Å². The second kappa shape index (κ2) is 11.0. The minimum absolute atomic E-state index is 0.0148. The van der Waals surface area contributed by atoms with Crippen molar-refractivity contribution in [2.75, 3.05) is 32.9 Å². The molecule has 39 heavy (non-hydrogen) atoms. The molecule has 0 aliphatic carbocycles. The molecule has 1 saturated heterocycles. The van der Waals surface area contributed by atoms with Crippen molar-refractivity contribution in [3.8, 4) is 0 Å². The standard InChI is InChI=1S/C25H27BrClF3N4O4S/c1-4-39(37,38)20-6-5-15(27)9-14(20)11-34-23(35)17-10-19(25(28,29)30)18(21(26)22(17)31-24(34)36)13-33-8-7-16(12-33)32(2)3/h5-6,9-10,16H,4,7-8,11-13H2,1-3H3,(H,31,36). The molecule has 14 heteroatoms. The first-order valence-corrected chi connectivity index (χ1v) is 14.9. The normalized spacial score (nSPS) is 17.0. The lowest BCUT2D eigenvalue weighted by atomic mass is 10.0. The van der Waals surface area contributed by atoms with Gasteiger partial charge in [-0.3, -0.25) is 14.3 Å². The van der Waals surface area contributed by atoms with Gasteiger partial charge in [-0.05, 0) is 71.8 Å². The Kier molecular flexibility index (Phi) is 8.40. The van der Waals surface area contributed by atoms with Crippen LogP contribution in [0.25, 0.3) is 10.9 Å². The zero-order valence-corrected chi connectivity index (χ0v) is 24.6. The summed E-state index contributed by atoms with van der Waals surface area (Å²) >= 11 is 9.29. The Morgan fingerprint density at radius 1 is 1.18 bits per heavy atom. The number of nitrogens with zero attached hydrogens (tertiary/aromatic N) is 3. The summed E-state index contributed by atoms with van der Waals surface area (Å²) in [4.78, 5) is 32.8. The molecule has 0 bridgehead atoms. The maximum absolute atomic E-state index is 14.3. The molecular formula is C25H27BrClF3N4O4S. The zero-order valence-electron chi connectivity index (χ0n) is 21.4. The molecule has 212 valence electrons. The Morgan fingerprint density at radius 3 is 2.46 bits per heavy atom. The molecule has 1 aliphatic heterocycles. The molecule has 2 aromatic carbocycles. The van der Waals surface area contributed by atoms with E-state index in [2.05, 4.69) is 20.9 Å². The van der Waals surface area contributed by atoms with Crippen molar-refractivity contribution in [2.45, 2.75) is 43.5 Å². The molecule has 1 atom stereocenters. The van der Waals surface area contributed by atoms with Crippen molar-refractivity contribution >= 4 is 48.3 Å². The minimum atomic E-state index is -4.77. The van der Waals surface area contributed by atoms with Crippen LogP contribution in [-0.2, 0) is 29.1 Å². The molecule has 2 heterocycles. The van der Waals surface area contributed by atoms with Crippen molar-refractivity contribution in [1.29, 1.82) is 0 Å². The summed E-state index contributed by atoms with van der Waals surface area (Å²) in [5.74, 6) is -0.235. The second-order valence-corrected chi connectivity index (χ2v) is 13.2. The van der Waals surface area contributed by atoms with E-state index in [1.807, 2.05) is 23.9 Å². The predicted octanol–water partition coefficient (Wildman–Crippen LogP) is 4.10. The van der Waals surface area contributed by atoms with Gasteiger partial charge in [0.15, 0.2) is 9.84 Å². The zero-order chi connectivity index (χ0) is 28.9. The molecule has 0 radical (unpaired) electrons. The van der Waals surface area contributed by atoms with Gasteiger partial charge in [0.25, 0.3) is 5.56 Å². The van der Waals surface area contributed by atoms with E-state index in [0.717, 1.165) is 12.5 Å². The molecule has 4 rings (SSSR count). The third-order valence-corrected chi connectivity index (χ3v) is 9.99. The molecule has 0 saturated carbocycles. The van der Waals surface area contributed by atoms with E-state index in [9.17, 15) is 31.2 Å². The van der Waals surface area contributed by atoms with E-state index in [0.29, 0.717) is 17.7 Å². The largest absolute Gasteiger partial charge is 0.416 e. The summed E-state index contributed by atoms with van der Waals surface area (Å²) in [6, 6.07) is 4.93. The number of hydrogen-bond acceptors (Lipinski definition) is 6. The van der Waals surface area contributed by atoms with Crippen LogP contribution in [0, 0.1) is 0 Å². The first kappa shape index (κ1) is 29.8. The lowest BCUT2D eigenvalue weighted by Crippen LogP contribution is -2.36. The third kappa shape index (κ3) is 5.97. The van der Waals surface area contributed by atoms with E-state index >= 15 is 0 Å². The number of rotatable bonds is 7. The van der Waals surface area contributed by atoms with Crippen LogP contribution in [0.5, 0.6) is 0 Å². The summed E-state index contributed by atoms with van der Waals surface area (Å²) < 4.78 is 68.6.